The van der Waals surface area contributed by atoms with Gasteiger partial charge in [0.2, 0.25) is 0 Å². The van der Waals surface area contributed by atoms with Gasteiger partial charge in [0.05, 0.1) is 35.5 Å². The first-order chi connectivity index (χ1) is 15.5. The third-order valence-corrected chi connectivity index (χ3v) is 5.58. The number of nitrogens with one attached hydrogen (secondary N) is 3. The van der Waals surface area contributed by atoms with E-state index >= 15 is 0 Å². The Kier molecular flexibility index (Phi) is 4.82. The topological polar surface area (TPSA) is 101 Å². The predicted molar refractivity (Wildman–Crippen MR) is 125 cm³/mol. The molecule has 0 spiro atoms. The number of hydrogen-bond acceptors (Lipinski definition) is 5. The van der Waals surface area contributed by atoms with Crippen LogP contribution in [0.5, 0.6) is 0 Å². The van der Waals surface area contributed by atoms with Gasteiger partial charge in [-0.3, -0.25) is 4.79 Å². The lowest BCUT2D eigenvalue weighted by atomic mass is 10.1. The maximum atomic E-state index is 12.5. The van der Waals surface area contributed by atoms with Crippen LogP contribution in [0.1, 0.15) is 21.6 Å². The minimum Gasteiger partial charge on any atom is -0.371 e. The van der Waals surface area contributed by atoms with Crippen LogP contribution in [-0.2, 0) is 13.6 Å². The maximum Gasteiger partial charge on any atom is 0.251 e. The summed E-state index contributed by atoms with van der Waals surface area (Å²) in [5, 5.41) is 7.06. The van der Waals surface area contributed by atoms with Crippen molar-refractivity contribution in [2.24, 2.45) is 7.05 Å². The minimum absolute atomic E-state index is 0.108. The lowest BCUT2D eigenvalue weighted by Crippen LogP contribution is -2.24. The van der Waals surface area contributed by atoms with Gasteiger partial charge in [-0.15, -0.1) is 0 Å². The number of aryl methyl sites for hydroxylation is 2. The van der Waals surface area contributed by atoms with Crippen molar-refractivity contribution in [2.45, 2.75) is 13.5 Å². The zero-order chi connectivity index (χ0) is 22.2. The summed E-state index contributed by atoms with van der Waals surface area (Å²) in [6.45, 7) is 2.27. The molecule has 0 bridgehead atoms. The summed E-state index contributed by atoms with van der Waals surface area (Å²) in [5.41, 5.74) is 6.63. The fourth-order valence-corrected chi connectivity index (χ4v) is 3.93. The Morgan fingerprint density at radius 2 is 1.97 bits per heavy atom. The van der Waals surface area contributed by atoms with Gasteiger partial charge >= 0.3 is 0 Å². The predicted octanol–water partition coefficient (Wildman–Crippen LogP) is 3.79. The summed E-state index contributed by atoms with van der Waals surface area (Å²) in [4.78, 5) is 29.8. The highest BCUT2D eigenvalue weighted by atomic mass is 16.1. The molecule has 5 rings (SSSR count). The molecular formula is C24H23N7O. The third-order valence-electron chi connectivity index (χ3n) is 5.58. The van der Waals surface area contributed by atoms with E-state index < -0.39 is 0 Å². The second-order valence-corrected chi connectivity index (χ2v) is 7.72. The summed E-state index contributed by atoms with van der Waals surface area (Å²) in [6, 6.07) is 15.4. The SMILES string of the molecule is CNc1nc2[nH]c(-c3cccc(CNC(=O)c4ccccc4C)n3)cc2c2c1ncn2C. The molecule has 0 atom stereocenters. The molecule has 8 nitrogen and oxygen atoms in total. The van der Waals surface area contributed by atoms with Crippen LogP contribution in [0.2, 0.25) is 0 Å². The molecule has 8 heteroatoms. The van der Waals surface area contributed by atoms with Gasteiger partial charge < -0.3 is 20.2 Å². The molecule has 160 valence electrons. The summed E-state index contributed by atoms with van der Waals surface area (Å²) < 4.78 is 1.99. The van der Waals surface area contributed by atoms with Crippen LogP contribution in [0.25, 0.3) is 33.5 Å². The quantitative estimate of drug-likeness (QED) is 0.398. The second kappa shape index (κ2) is 7.81. The fourth-order valence-electron chi connectivity index (χ4n) is 3.93. The molecule has 0 fully saturated rings. The van der Waals surface area contributed by atoms with Crippen LogP contribution in [-0.4, -0.2) is 37.5 Å². The van der Waals surface area contributed by atoms with Crippen molar-refractivity contribution in [3.8, 4) is 11.4 Å². The summed E-state index contributed by atoms with van der Waals surface area (Å²) in [6.07, 6.45) is 1.79. The van der Waals surface area contributed by atoms with Gasteiger partial charge in [0.15, 0.2) is 5.82 Å². The van der Waals surface area contributed by atoms with Gasteiger partial charge in [0, 0.05) is 25.0 Å². The Bertz CT molecular complexity index is 1460. The van der Waals surface area contributed by atoms with Gasteiger partial charge in [-0.05, 0) is 36.8 Å². The number of benzene rings is 1. The number of hydrogen-bond donors (Lipinski definition) is 3. The average molecular weight is 425 g/mol. The van der Waals surface area contributed by atoms with Crippen molar-refractivity contribution in [1.29, 1.82) is 0 Å². The standard InChI is InChI=1S/C24H23N7O/c1-14-7-4-5-9-16(14)24(32)26-12-15-8-6-10-18(28-15)19-11-17-21-20(27-13-31(21)3)23(25-2)30-22(17)29-19/h4-11,13H,12H2,1-3H3,(H,26,32)(H2,25,29,30). The molecule has 1 amide bonds. The largest absolute Gasteiger partial charge is 0.371 e. The van der Waals surface area contributed by atoms with E-state index in [1.807, 2.05) is 74.1 Å². The number of imidazole rings is 1. The number of pyridine rings is 2. The monoisotopic (exact) mass is 425 g/mol. The molecule has 0 saturated heterocycles. The van der Waals surface area contributed by atoms with Crippen LogP contribution in [0.4, 0.5) is 5.82 Å². The maximum absolute atomic E-state index is 12.5. The molecule has 0 radical (unpaired) electrons. The van der Waals surface area contributed by atoms with Crippen molar-refractivity contribution in [3.05, 3.63) is 71.7 Å². The number of aromatic nitrogens is 5. The molecule has 4 aromatic heterocycles. The molecule has 4 heterocycles. The molecule has 32 heavy (non-hydrogen) atoms. The van der Waals surface area contributed by atoms with Crippen molar-refractivity contribution >= 4 is 33.8 Å². The molecule has 5 aromatic rings. The van der Waals surface area contributed by atoms with E-state index in [2.05, 4.69) is 25.6 Å². The van der Waals surface area contributed by atoms with Gasteiger partial charge in [-0.25, -0.2) is 15.0 Å². The number of carbonyl (C=O) groups excluding carboxylic acids is 1. The number of amides is 1. The third kappa shape index (κ3) is 3.35. The molecule has 0 unspecified atom stereocenters. The number of carbonyl (C=O) groups is 1. The van der Waals surface area contributed by atoms with Crippen molar-refractivity contribution in [3.63, 3.8) is 0 Å². The number of rotatable bonds is 5. The van der Waals surface area contributed by atoms with E-state index in [-0.39, 0.29) is 5.91 Å². The Morgan fingerprint density at radius 1 is 1.12 bits per heavy atom. The lowest BCUT2D eigenvalue weighted by molar-refractivity contribution is 0.0950. The molecular weight excluding hydrogens is 402 g/mol. The first-order valence-electron chi connectivity index (χ1n) is 10.4. The van der Waals surface area contributed by atoms with Crippen molar-refractivity contribution < 1.29 is 4.79 Å². The number of aromatic amines is 1. The van der Waals surface area contributed by atoms with Crippen LogP contribution in [0.3, 0.4) is 0 Å². The number of fused-ring (bicyclic) bond motifs is 3. The van der Waals surface area contributed by atoms with Gasteiger partial charge in [0.25, 0.3) is 5.91 Å². The van der Waals surface area contributed by atoms with Crippen LogP contribution in [0, 0.1) is 6.92 Å². The highest BCUT2D eigenvalue weighted by Crippen LogP contribution is 2.31. The van der Waals surface area contributed by atoms with Crippen molar-refractivity contribution in [1.82, 2.24) is 29.8 Å². The van der Waals surface area contributed by atoms with E-state index in [0.29, 0.717) is 12.1 Å². The van der Waals surface area contributed by atoms with E-state index in [1.165, 1.54) is 0 Å². The Morgan fingerprint density at radius 3 is 2.78 bits per heavy atom. The van der Waals surface area contributed by atoms with Gasteiger partial charge in [0.1, 0.15) is 11.2 Å². The molecule has 0 aliphatic carbocycles. The van der Waals surface area contributed by atoms with Crippen LogP contribution in [0.15, 0.2) is 54.9 Å². The Hall–Kier alpha value is -4.20. The molecule has 0 aliphatic heterocycles. The highest BCUT2D eigenvalue weighted by molar-refractivity contribution is 6.07. The summed E-state index contributed by atoms with van der Waals surface area (Å²) >= 11 is 0. The summed E-state index contributed by atoms with van der Waals surface area (Å²) in [7, 11) is 3.80. The number of nitrogens with zero attached hydrogens (tertiary/aromatic N) is 4. The van der Waals surface area contributed by atoms with Crippen LogP contribution < -0.4 is 10.6 Å². The molecule has 3 N–H and O–H groups in total. The second-order valence-electron chi connectivity index (χ2n) is 7.72. The summed E-state index contributed by atoms with van der Waals surface area (Å²) in [5.74, 6) is 0.616. The minimum atomic E-state index is -0.108. The zero-order valence-corrected chi connectivity index (χ0v) is 18.1. The first kappa shape index (κ1) is 19.7. The van der Waals surface area contributed by atoms with E-state index in [1.54, 1.807) is 6.33 Å². The number of H-pyrrole nitrogens is 1. The Balaban J connectivity index is 1.45. The van der Waals surface area contributed by atoms with Crippen LogP contribution >= 0.6 is 0 Å². The van der Waals surface area contributed by atoms with Gasteiger partial charge in [-0.2, -0.15) is 0 Å². The lowest BCUT2D eigenvalue weighted by Gasteiger charge is -2.08. The van der Waals surface area contributed by atoms with Gasteiger partial charge in [-0.1, -0.05) is 24.3 Å². The van der Waals surface area contributed by atoms with E-state index in [4.69, 9.17) is 4.98 Å². The smallest absolute Gasteiger partial charge is 0.251 e. The Labute approximate surface area is 184 Å². The fraction of sp³-hybridized carbons (Fsp3) is 0.167. The van der Waals surface area contributed by atoms with E-state index in [9.17, 15) is 4.79 Å². The van der Waals surface area contributed by atoms with E-state index in [0.717, 1.165) is 50.5 Å². The normalized spacial score (nSPS) is 11.2. The zero-order valence-electron chi connectivity index (χ0n) is 18.1. The average Bonchev–Trinajstić information content (AvgIpc) is 3.41. The molecule has 1 aromatic carbocycles. The number of anilines is 1. The first-order valence-corrected chi connectivity index (χ1v) is 10.4. The molecule has 0 saturated carbocycles. The highest BCUT2D eigenvalue weighted by Gasteiger charge is 2.16. The molecule has 0 aliphatic rings. The van der Waals surface area contributed by atoms with Crippen molar-refractivity contribution in [2.75, 3.05) is 12.4 Å².